The molecule has 1 aromatic heterocycles. The van der Waals surface area contributed by atoms with Gasteiger partial charge in [-0.05, 0) is 24.3 Å². The summed E-state index contributed by atoms with van der Waals surface area (Å²) >= 11 is 0. The van der Waals surface area contributed by atoms with Crippen LogP contribution in [0, 0.1) is 0 Å². The first-order valence-electron chi connectivity index (χ1n) is 6.20. The molecule has 2 rings (SSSR count). The van der Waals surface area contributed by atoms with Gasteiger partial charge in [-0.1, -0.05) is 0 Å². The zero-order valence-corrected chi connectivity index (χ0v) is 11.4. The Morgan fingerprint density at radius 3 is 2.80 bits per heavy atom. The normalized spacial score (nSPS) is 10.3. The van der Waals surface area contributed by atoms with Crippen LogP contribution in [0.2, 0.25) is 0 Å². The number of anilines is 1. The number of benzene rings is 1. The lowest BCUT2D eigenvalue weighted by atomic mass is 10.2. The summed E-state index contributed by atoms with van der Waals surface area (Å²) in [7, 11) is 3.13. The van der Waals surface area contributed by atoms with Crippen LogP contribution in [0.15, 0.2) is 28.7 Å². The van der Waals surface area contributed by atoms with Gasteiger partial charge >= 0.3 is 5.97 Å². The van der Waals surface area contributed by atoms with Gasteiger partial charge in [0, 0.05) is 24.7 Å². The largest absolute Gasteiger partial charge is 0.469 e. The van der Waals surface area contributed by atoms with Crippen molar-refractivity contribution in [1.82, 2.24) is 5.32 Å². The zero-order valence-electron chi connectivity index (χ0n) is 11.4. The molecule has 0 aliphatic carbocycles. The summed E-state index contributed by atoms with van der Waals surface area (Å²) in [5.74, 6) is -0.497. The molecule has 6 nitrogen and oxygen atoms in total. The molecule has 0 saturated carbocycles. The third-order valence-corrected chi connectivity index (χ3v) is 2.87. The van der Waals surface area contributed by atoms with Crippen molar-refractivity contribution in [3.63, 3.8) is 0 Å². The standard InChI is InChI=1S/C14H16N2O4/c1-15-10-3-4-11-9(7-10)8-12(20-11)14(18)16-6-5-13(17)19-2/h3-4,7-8,15H,5-6H2,1-2H3,(H,16,18). The van der Waals surface area contributed by atoms with Crippen molar-refractivity contribution in [2.45, 2.75) is 6.42 Å². The number of carbonyl (C=O) groups excluding carboxylic acids is 2. The van der Waals surface area contributed by atoms with Crippen LogP contribution in [0.5, 0.6) is 0 Å². The number of rotatable bonds is 5. The summed E-state index contributed by atoms with van der Waals surface area (Å²) < 4.78 is 9.95. The molecular weight excluding hydrogens is 260 g/mol. The second-order valence-corrected chi connectivity index (χ2v) is 4.20. The highest BCUT2D eigenvalue weighted by Gasteiger charge is 2.12. The maximum atomic E-state index is 11.9. The van der Waals surface area contributed by atoms with E-state index in [9.17, 15) is 9.59 Å². The topological polar surface area (TPSA) is 80.6 Å². The van der Waals surface area contributed by atoms with Gasteiger partial charge in [-0.15, -0.1) is 0 Å². The van der Waals surface area contributed by atoms with E-state index in [1.165, 1.54) is 7.11 Å². The van der Waals surface area contributed by atoms with Gasteiger partial charge in [0.15, 0.2) is 5.76 Å². The average Bonchev–Trinajstić information content (AvgIpc) is 2.89. The fourth-order valence-corrected chi connectivity index (χ4v) is 1.78. The predicted molar refractivity (Wildman–Crippen MR) is 74.7 cm³/mol. The molecule has 0 aliphatic rings. The Bertz CT molecular complexity index is 633. The number of carbonyl (C=O) groups is 2. The van der Waals surface area contributed by atoms with E-state index in [-0.39, 0.29) is 30.6 Å². The van der Waals surface area contributed by atoms with E-state index in [1.807, 2.05) is 19.2 Å². The van der Waals surface area contributed by atoms with E-state index < -0.39 is 0 Å². The number of fused-ring (bicyclic) bond motifs is 1. The smallest absolute Gasteiger partial charge is 0.307 e. The van der Waals surface area contributed by atoms with Crippen LogP contribution >= 0.6 is 0 Å². The second-order valence-electron chi connectivity index (χ2n) is 4.20. The van der Waals surface area contributed by atoms with E-state index in [4.69, 9.17) is 4.42 Å². The zero-order chi connectivity index (χ0) is 14.5. The van der Waals surface area contributed by atoms with Crippen LogP contribution in [0.25, 0.3) is 11.0 Å². The minimum absolute atomic E-state index is 0.131. The maximum absolute atomic E-state index is 11.9. The number of hydrogen-bond donors (Lipinski definition) is 2. The van der Waals surface area contributed by atoms with Crippen LogP contribution in [0.4, 0.5) is 5.69 Å². The minimum Gasteiger partial charge on any atom is -0.469 e. The fraction of sp³-hybridized carbons (Fsp3) is 0.286. The molecule has 106 valence electrons. The summed E-state index contributed by atoms with van der Waals surface area (Å²) in [6, 6.07) is 7.23. The number of methoxy groups -OCH3 is 1. The summed E-state index contributed by atoms with van der Waals surface area (Å²) in [6.45, 7) is 0.213. The van der Waals surface area contributed by atoms with E-state index in [2.05, 4.69) is 15.4 Å². The third-order valence-electron chi connectivity index (χ3n) is 2.87. The Kier molecular flexibility index (Phi) is 4.24. The molecule has 1 aromatic carbocycles. The Hall–Kier alpha value is -2.50. The summed E-state index contributed by atoms with van der Waals surface area (Å²) in [5, 5.41) is 6.46. The van der Waals surface area contributed by atoms with Crippen LogP contribution in [0.1, 0.15) is 17.0 Å². The number of esters is 1. The van der Waals surface area contributed by atoms with E-state index >= 15 is 0 Å². The molecular formula is C14H16N2O4. The Morgan fingerprint density at radius 1 is 1.30 bits per heavy atom. The molecule has 6 heteroatoms. The van der Waals surface area contributed by atoms with Gasteiger partial charge in [-0.2, -0.15) is 0 Å². The molecule has 2 N–H and O–H groups in total. The summed E-state index contributed by atoms with van der Waals surface area (Å²) in [4.78, 5) is 22.8. The molecule has 1 amide bonds. The SMILES string of the molecule is CNc1ccc2oc(C(=O)NCCC(=O)OC)cc2c1. The van der Waals surface area contributed by atoms with Crippen molar-refractivity contribution in [3.05, 3.63) is 30.0 Å². The van der Waals surface area contributed by atoms with Crippen molar-refractivity contribution < 1.29 is 18.7 Å². The van der Waals surface area contributed by atoms with E-state index in [1.54, 1.807) is 12.1 Å². The highest BCUT2D eigenvalue weighted by molar-refractivity contribution is 5.96. The second kappa shape index (κ2) is 6.10. The molecule has 0 fully saturated rings. The van der Waals surface area contributed by atoms with Crippen molar-refractivity contribution >= 4 is 28.5 Å². The molecule has 0 aliphatic heterocycles. The van der Waals surface area contributed by atoms with Crippen LogP contribution in [-0.2, 0) is 9.53 Å². The highest BCUT2D eigenvalue weighted by atomic mass is 16.5. The molecule has 0 unspecified atom stereocenters. The molecule has 1 heterocycles. The lowest BCUT2D eigenvalue weighted by Gasteiger charge is -2.01. The first-order chi connectivity index (χ1) is 9.63. The quantitative estimate of drug-likeness (QED) is 0.813. The lowest BCUT2D eigenvalue weighted by Crippen LogP contribution is -2.25. The number of amides is 1. The molecule has 0 radical (unpaired) electrons. The van der Waals surface area contributed by atoms with Crippen molar-refractivity contribution in [2.75, 3.05) is 26.0 Å². The Balaban J connectivity index is 2.04. The molecule has 0 spiro atoms. The fourth-order valence-electron chi connectivity index (χ4n) is 1.78. The Morgan fingerprint density at radius 2 is 2.10 bits per heavy atom. The predicted octanol–water partition coefficient (Wildman–Crippen LogP) is 1.77. The van der Waals surface area contributed by atoms with E-state index in [0.29, 0.717) is 5.58 Å². The summed E-state index contributed by atoms with van der Waals surface area (Å²) in [6.07, 6.45) is 0.131. The van der Waals surface area contributed by atoms with Gasteiger partial charge in [-0.25, -0.2) is 0 Å². The van der Waals surface area contributed by atoms with E-state index in [0.717, 1.165) is 11.1 Å². The first-order valence-corrected chi connectivity index (χ1v) is 6.20. The summed E-state index contributed by atoms with van der Waals surface area (Å²) in [5.41, 5.74) is 1.58. The van der Waals surface area contributed by atoms with Crippen molar-refractivity contribution in [1.29, 1.82) is 0 Å². The van der Waals surface area contributed by atoms with Crippen LogP contribution < -0.4 is 10.6 Å². The first kappa shape index (κ1) is 13.9. The van der Waals surface area contributed by atoms with Gasteiger partial charge < -0.3 is 19.8 Å². The number of hydrogen-bond acceptors (Lipinski definition) is 5. The Labute approximate surface area is 116 Å². The average molecular weight is 276 g/mol. The minimum atomic E-state index is -0.367. The lowest BCUT2D eigenvalue weighted by molar-refractivity contribution is -0.140. The number of furan rings is 1. The van der Waals surface area contributed by atoms with Crippen LogP contribution in [-0.4, -0.2) is 32.6 Å². The van der Waals surface area contributed by atoms with Crippen LogP contribution in [0.3, 0.4) is 0 Å². The molecule has 0 bridgehead atoms. The third kappa shape index (κ3) is 3.09. The van der Waals surface area contributed by atoms with Gasteiger partial charge in [0.2, 0.25) is 0 Å². The number of nitrogens with one attached hydrogen (secondary N) is 2. The molecule has 20 heavy (non-hydrogen) atoms. The van der Waals surface area contributed by atoms with Gasteiger partial charge in [0.1, 0.15) is 5.58 Å². The van der Waals surface area contributed by atoms with Crippen molar-refractivity contribution in [2.24, 2.45) is 0 Å². The van der Waals surface area contributed by atoms with Gasteiger partial charge in [0.25, 0.3) is 5.91 Å². The maximum Gasteiger partial charge on any atom is 0.307 e. The molecule has 0 saturated heterocycles. The molecule has 2 aromatic rings. The van der Waals surface area contributed by atoms with Gasteiger partial charge in [-0.3, -0.25) is 9.59 Å². The monoisotopic (exact) mass is 276 g/mol. The highest BCUT2D eigenvalue weighted by Crippen LogP contribution is 2.22. The van der Waals surface area contributed by atoms with Gasteiger partial charge in [0.05, 0.1) is 13.5 Å². The molecule has 0 atom stereocenters. The van der Waals surface area contributed by atoms with Crippen molar-refractivity contribution in [3.8, 4) is 0 Å². The number of ether oxygens (including phenoxy) is 1.